The highest BCUT2D eigenvalue weighted by Crippen LogP contribution is 2.21. The van der Waals surface area contributed by atoms with Crippen molar-refractivity contribution in [1.82, 2.24) is 10.3 Å². The van der Waals surface area contributed by atoms with Crippen LogP contribution in [0.1, 0.15) is 19.8 Å². The average molecular weight is 250 g/mol. The van der Waals surface area contributed by atoms with Gasteiger partial charge in [0, 0.05) is 6.04 Å². The number of nitrogens with one attached hydrogen (secondary N) is 2. The highest BCUT2D eigenvalue weighted by Gasteiger charge is 2.22. The Balaban J connectivity index is 1.87. The Morgan fingerprint density at radius 3 is 3.00 bits per heavy atom. The van der Waals surface area contributed by atoms with Gasteiger partial charge in [0.2, 0.25) is 11.8 Å². The molecule has 0 saturated heterocycles. The van der Waals surface area contributed by atoms with Crippen molar-refractivity contribution >= 4 is 17.4 Å². The van der Waals surface area contributed by atoms with Crippen LogP contribution < -0.4 is 21.1 Å². The lowest BCUT2D eigenvalue weighted by atomic mass is 10.4. The number of pyridine rings is 1. The molecule has 1 aromatic rings. The Kier molecular flexibility index (Phi) is 3.86. The van der Waals surface area contributed by atoms with E-state index in [1.165, 1.54) is 0 Å². The fraction of sp³-hybridized carbons (Fsp3) is 0.500. The molecule has 98 valence electrons. The summed E-state index contributed by atoms with van der Waals surface area (Å²) in [7, 11) is 0. The maximum atomic E-state index is 11.5. The summed E-state index contributed by atoms with van der Waals surface area (Å²) in [5, 5.41) is 5.83. The second-order valence-electron chi connectivity index (χ2n) is 4.22. The summed E-state index contributed by atoms with van der Waals surface area (Å²) in [6, 6.07) is 3.80. The number of hydrogen-bond acceptors (Lipinski definition) is 5. The van der Waals surface area contributed by atoms with Crippen LogP contribution in [0, 0.1) is 0 Å². The Morgan fingerprint density at radius 2 is 2.33 bits per heavy atom. The molecular weight excluding hydrogens is 232 g/mol. The van der Waals surface area contributed by atoms with E-state index in [2.05, 4.69) is 15.6 Å². The zero-order valence-corrected chi connectivity index (χ0v) is 10.4. The summed E-state index contributed by atoms with van der Waals surface area (Å²) >= 11 is 0. The number of hydrogen-bond donors (Lipinski definition) is 3. The molecule has 1 aliphatic carbocycles. The first kappa shape index (κ1) is 12.5. The van der Waals surface area contributed by atoms with Crippen LogP contribution in [0.3, 0.4) is 0 Å². The minimum Gasteiger partial charge on any atom is -0.476 e. The van der Waals surface area contributed by atoms with E-state index in [0.29, 0.717) is 30.0 Å². The summed E-state index contributed by atoms with van der Waals surface area (Å²) in [5.41, 5.74) is 6.20. The normalized spacial score (nSPS) is 14.1. The van der Waals surface area contributed by atoms with Crippen LogP contribution in [0.15, 0.2) is 12.1 Å². The molecule has 0 bridgehead atoms. The second-order valence-corrected chi connectivity index (χ2v) is 4.22. The number of nitrogen functional groups attached to an aromatic ring is 1. The van der Waals surface area contributed by atoms with E-state index in [1.54, 1.807) is 12.1 Å². The summed E-state index contributed by atoms with van der Waals surface area (Å²) in [6.45, 7) is 2.58. The van der Waals surface area contributed by atoms with Gasteiger partial charge < -0.3 is 21.1 Å². The first-order valence-electron chi connectivity index (χ1n) is 6.11. The van der Waals surface area contributed by atoms with Crippen molar-refractivity contribution in [3.05, 3.63) is 12.1 Å². The number of nitrogens with zero attached hydrogens (tertiary/aromatic N) is 1. The van der Waals surface area contributed by atoms with Crippen LogP contribution in [-0.2, 0) is 4.79 Å². The molecule has 0 radical (unpaired) electrons. The number of carbonyl (C=O) groups is 1. The number of anilines is 2. The monoisotopic (exact) mass is 250 g/mol. The minimum atomic E-state index is -0.0194. The Hall–Kier alpha value is -1.98. The van der Waals surface area contributed by atoms with Crippen LogP contribution in [0.2, 0.25) is 0 Å². The average Bonchev–Trinajstić information content (AvgIpc) is 3.14. The molecule has 0 aromatic carbocycles. The lowest BCUT2D eigenvalue weighted by Gasteiger charge is -2.09. The molecule has 1 heterocycles. The first-order chi connectivity index (χ1) is 8.69. The number of aromatic nitrogens is 1. The largest absolute Gasteiger partial charge is 0.476 e. The molecule has 1 aromatic heterocycles. The van der Waals surface area contributed by atoms with Crippen molar-refractivity contribution in [2.75, 3.05) is 24.2 Å². The fourth-order valence-electron chi connectivity index (χ4n) is 1.48. The Morgan fingerprint density at radius 1 is 1.56 bits per heavy atom. The number of rotatable bonds is 6. The topological polar surface area (TPSA) is 89.3 Å². The first-order valence-corrected chi connectivity index (χ1v) is 6.11. The number of ether oxygens (including phenoxy) is 1. The summed E-state index contributed by atoms with van der Waals surface area (Å²) in [4.78, 5) is 15.7. The van der Waals surface area contributed by atoms with Crippen LogP contribution in [0.25, 0.3) is 0 Å². The summed E-state index contributed by atoms with van der Waals surface area (Å²) < 4.78 is 5.28. The lowest BCUT2D eigenvalue weighted by molar-refractivity contribution is -0.119. The molecule has 18 heavy (non-hydrogen) atoms. The van der Waals surface area contributed by atoms with Crippen molar-refractivity contribution in [2.24, 2.45) is 0 Å². The van der Waals surface area contributed by atoms with Crippen molar-refractivity contribution in [3.8, 4) is 5.88 Å². The highest BCUT2D eigenvalue weighted by molar-refractivity contribution is 5.81. The number of amides is 1. The van der Waals surface area contributed by atoms with Gasteiger partial charge in [-0.05, 0) is 31.9 Å². The zero-order chi connectivity index (χ0) is 13.0. The van der Waals surface area contributed by atoms with Crippen LogP contribution in [-0.4, -0.2) is 30.1 Å². The van der Waals surface area contributed by atoms with E-state index in [4.69, 9.17) is 10.5 Å². The van der Waals surface area contributed by atoms with Crippen molar-refractivity contribution in [3.63, 3.8) is 0 Å². The molecule has 0 atom stereocenters. The Labute approximate surface area is 106 Å². The molecule has 6 nitrogen and oxygen atoms in total. The van der Waals surface area contributed by atoms with E-state index in [9.17, 15) is 4.79 Å². The second kappa shape index (κ2) is 5.57. The number of carbonyl (C=O) groups excluding carboxylic acids is 1. The van der Waals surface area contributed by atoms with E-state index in [0.717, 1.165) is 12.8 Å². The molecule has 1 aliphatic rings. The molecular formula is C12H18N4O2. The smallest absolute Gasteiger partial charge is 0.239 e. The van der Waals surface area contributed by atoms with Crippen LogP contribution >= 0.6 is 0 Å². The standard InChI is InChI=1S/C12H18N4O2/c1-2-18-12-9(13)5-6-10(16-12)14-7-11(17)15-8-3-4-8/h5-6,8H,2-4,7,13H2,1H3,(H,14,16)(H,15,17). The van der Waals surface area contributed by atoms with Crippen LogP contribution in [0.5, 0.6) is 5.88 Å². The van der Waals surface area contributed by atoms with Gasteiger partial charge in [-0.1, -0.05) is 0 Å². The van der Waals surface area contributed by atoms with E-state index in [1.807, 2.05) is 6.92 Å². The van der Waals surface area contributed by atoms with Gasteiger partial charge >= 0.3 is 0 Å². The molecule has 0 unspecified atom stereocenters. The van der Waals surface area contributed by atoms with E-state index < -0.39 is 0 Å². The molecule has 0 spiro atoms. The van der Waals surface area contributed by atoms with Crippen LogP contribution in [0.4, 0.5) is 11.5 Å². The van der Waals surface area contributed by atoms with Gasteiger partial charge in [0.25, 0.3) is 0 Å². The molecule has 0 aliphatic heterocycles. The zero-order valence-electron chi connectivity index (χ0n) is 10.4. The summed E-state index contributed by atoms with van der Waals surface area (Å²) in [6.07, 6.45) is 2.17. The SMILES string of the molecule is CCOc1nc(NCC(=O)NC2CC2)ccc1N. The maximum Gasteiger partial charge on any atom is 0.239 e. The fourth-order valence-corrected chi connectivity index (χ4v) is 1.48. The van der Waals surface area contributed by atoms with Gasteiger partial charge in [-0.3, -0.25) is 4.79 Å². The molecule has 1 fully saturated rings. The molecule has 6 heteroatoms. The van der Waals surface area contributed by atoms with Gasteiger partial charge in [-0.15, -0.1) is 0 Å². The number of nitrogens with two attached hydrogens (primary N) is 1. The van der Waals surface area contributed by atoms with Crippen molar-refractivity contribution < 1.29 is 9.53 Å². The molecule has 1 saturated carbocycles. The predicted molar refractivity (Wildman–Crippen MR) is 69.5 cm³/mol. The minimum absolute atomic E-state index is 0.0194. The van der Waals surface area contributed by atoms with E-state index in [-0.39, 0.29) is 12.5 Å². The lowest BCUT2D eigenvalue weighted by Crippen LogP contribution is -2.31. The predicted octanol–water partition coefficient (Wildman–Crippen LogP) is 0.753. The van der Waals surface area contributed by atoms with E-state index >= 15 is 0 Å². The molecule has 1 amide bonds. The third kappa shape index (κ3) is 3.51. The molecule has 4 N–H and O–H groups in total. The summed E-state index contributed by atoms with van der Waals surface area (Å²) in [5.74, 6) is 0.956. The van der Waals surface area contributed by atoms with Gasteiger partial charge in [0.15, 0.2) is 0 Å². The third-order valence-corrected chi connectivity index (χ3v) is 2.54. The van der Waals surface area contributed by atoms with Gasteiger partial charge in [-0.2, -0.15) is 4.98 Å². The third-order valence-electron chi connectivity index (χ3n) is 2.54. The highest BCUT2D eigenvalue weighted by atomic mass is 16.5. The maximum absolute atomic E-state index is 11.5. The quantitative estimate of drug-likeness (QED) is 0.693. The Bertz CT molecular complexity index is 432. The van der Waals surface area contributed by atoms with Gasteiger partial charge in [0.05, 0.1) is 18.8 Å². The van der Waals surface area contributed by atoms with Crippen molar-refractivity contribution in [2.45, 2.75) is 25.8 Å². The van der Waals surface area contributed by atoms with Gasteiger partial charge in [0.1, 0.15) is 5.82 Å². The van der Waals surface area contributed by atoms with Crippen molar-refractivity contribution in [1.29, 1.82) is 0 Å². The van der Waals surface area contributed by atoms with Gasteiger partial charge in [-0.25, -0.2) is 0 Å². The molecule has 2 rings (SSSR count).